The number of nitrogens with zero attached hydrogens (tertiary/aromatic N) is 3. The quantitative estimate of drug-likeness (QED) is 0.864. The Bertz CT molecular complexity index is 713. The molecular weight excluding hydrogens is 316 g/mol. The number of carbonyl (C=O) groups is 1. The lowest BCUT2D eigenvalue weighted by atomic mass is 10.5. The molecule has 2 aromatic rings. The van der Waals surface area contributed by atoms with E-state index >= 15 is 0 Å². The number of rotatable bonds is 4. The van der Waals surface area contributed by atoms with E-state index in [0.717, 1.165) is 5.51 Å². The Balaban J connectivity index is 2.35. The smallest absolute Gasteiger partial charge is 0.356 e. The highest BCUT2D eigenvalue weighted by Crippen LogP contribution is 2.22. The van der Waals surface area contributed by atoms with Gasteiger partial charge in [-0.2, -0.15) is 0 Å². The predicted octanol–water partition coefficient (Wildman–Crippen LogP) is 1.09. The van der Waals surface area contributed by atoms with E-state index in [2.05, 4.69) is 19.9 Å². The first-order chi connectivity index (χ1) is 8.90. The summed E-state index contributed by atoms with van der Waals surface area (Å²) < 4.78 is 25.6. The van der Waals surface area contributed by atoms with E-state index in [-0.39, 0.29) is 11.0 Å². The van der Waals surface area contributed by atoms with Crippen LogP contribution in [0.2, 0.25) is 5.15 Å². The first kappa shape index (κ1) is 13.6. The summed E-state index contributed by atoms with van der Waals surface area (Å²) in [6.07, 6.45) is 0. The van der Waals surface area contributed by atoms with E-state index < -0.39 is 25.9 Å². The lowest BCUT2D eigenvalue weighted by molar-refractivity contribution is 0.0687. The van der Waals surface area contributed by atoms with Crippen molar-refractivity contribution in [3.05, 3.63) is 28.5 Å². The average molecular weight is 321 g/mol. The van der Waals surface area contributed by atoms with Crippen molar-refractivity contribution < 1.29 is 18.3 Å². The molecule has 0 saturated carbocycles. The fraction of sp³-hybridized carbons (Fsp3) is 0. The zero-order chi connectivity index (χ0) is 14.0. The molecule has 2 aromatic heterocycles. The molecule has 2 heterocycles. The summed E-state index contributed by atoms with van der Waals surface area (Å²) in [6.45, 7) is 0. The number of thiazole rings is 1. The van der Waals surface area contributed by atoms with Crippen molar-refractivity contribution in [2.24, 2.45) is 0 Å². The fourth-order valence-electron chi connectivity index (χ4n) is 1.12. The van der Waals surface area contributed by atoms with Crippen LogP contribution in [0.1, 0.15) is 10.5 Å². The van der Waals surface area contributed by atoms with Crippen LogP contribution in [0.15, 0.2) is 21.9 Å². The third-order valence-electron chi connectivity index (χ3n) is 1.85. The molecule has 0 aliphatic carbocycles. The molecule has 19 heavy (non-hydrogen) atoms. The van der Waals surface area contributed by atoms with Crippen molar-refractivity contribution >= 4 is 44.7 Å². The van der Waals surface area contributed by atoms with Gasteiger partial charge in [0.05, 0.1) is 5.51 Å². The molecule has 11 heteroatoms. The van der Waals surface area contributed by atoms with Gasteiger partial charge in [-0.1, -0.05) is 11.6 Å². The second-order valence-electron chi connectivity index (χ2n) is 3.14. The number of hydrogen-bond acceptors (Lipinski definition) is 7. The second kappa shape index (κ2) is 5.07. The van der Waals surface area contributed by atoms with E-state index in [1.54, 1.807) is 0 Å². The summed E-state index contributed by atoms with van der Waals surface area (Å²) in [5.74, 6) is -1.50. The van der Waals surface area contributed by atoms with Crippen molar-refractivity contribution in [1.29, 1.82) is 0 Å². The molecule has 0 saturated heterocycles. The summed E-state index contributed by atoms with van der Waals surface area (Å²) >= 11 is 6.20. The molecule has 0 aliphatic rings. The van der Waals surface area contributed by atoms with E-state index in [1.807, 2.05) is 0 Å². The number of carboxylic acid groups (broad SMARTS) is 1. The number of aromatic carboxylic acids is 1. The van der Waals surface area contributed by atoms with Gasteiger partial charge in [0, 0.05) is 0 Å². The Morgan fingerprint density at radius 2 is 2.11 bits per heavy atom. The normalized spacial score (nSPS) is 11.2. The molecule has 2 N–H and O–H groups in total. The van der Waals surface area contributed by atoms with E-state index in [9.17, 15) is 13.2 Å². The predicted molar refractivity (Wildman–Crippen MR) is 66.9 cm³/mol. The van der Waals surface area contributed by atoms with E-state index in [0.29, 0.717) is 11.3 Å². The van der Waals surface area contributed by atoms with Crippen LogP contribution < -0.4 is 4.72 Å². The Labute approximate surface area is 116 Å². The average Bonchev–Trinajstić information content (AvgIpc) is 2.82. The summed E-state index contributed by atoms with van der Waals surface area (Å²) in [4.78, 5) is 14.3. The molecule has 100 valence electrons. The molecule has 0 amide bonds. The highest BCUT2D eigenvalue weighted by atomic mass is 35.5. The van der Waals surface area contributed by atoms with Crippen LogP contribution in [0.5, 0.6) is 0 Å². The molecule has 0 aromatic carbocycles. The molecular formula is C8H5ClN4O4S2. The van der Waals surface area contributed by atoms with Gasteiger partial charge in [-0.15, -0.1) is 21.5 Å². The van der Waals surface area contributed by atoms with Crippen LogP contribution in [0.4, 0.5) is 5.82 Å². The molecule has 0 bridgehead atoms. The number of carboxylic acids is 1. The van der Waals surface area contributed by atoms with Gasteiger partial charge in [0.2, 0.25) is 0 Å². The molecule has 0 radical (unpaired) electrons. The summed E-state index contributed by atoms with van der Waals surface area (Å²) in [6, 6.07) is 2.64. The van der Waals surface area contributed by atoms with Crippen LogP contribution in [0, 0.1) is 0 Å². The maximum atomic E-state index is 12.0. The third kappa shape index (κ3) is 2.97. The van der Waals surface area contributed by atoms with Gasteiger partial charge >= 0.3 is 5.97 Å². The summed E-state index contributed by atoms with van der Waals surface area (Å²) in [5.41, 5.74) is 0.588. The largest absolute Gasteiger partial charge is 0.476 e. The van der Waals surface area contributed by atoms with Gasteiger partial charge in [-0.3, -0.25) is 4.72 Å². The number of nitrogens with one attached hydrogen (secondary N) is 1. The van der Waals surface area contributed by atoms with Crippen LogP contribution in [0.3, 0.4) is 0 Å². The Morgan fingerprint density at radius 3 is 2.68 bits per heavy atom. The summed E-state index contributed by atoms with van der Waals surface area (Å²) in [7, 11) is -4.08. The van der Waals surface area contributed by atoms with Gasteiger partial charge < -0.3 is 5.11 Å². The van der Waals surface area contributed by atoms with Crippen molar-refractivity contribution in [2.75, 3.05) is 4.72 Å². The van der Waals surface area contributed by atoms with Crippen LogP contribution in [0.25, 0.3) is 0 Å². The number of anilines is 1. The van der Waals surface area contributed by atoms with Gasteiger partial charge in [0.15, 0.2) is 20.9 Å². The molecule has 0 atom stereocenters. The first-order valence-corrected chi connectivity index (χ1v) is 7.33. The number of halogens is 1. The van der Waals surface area contributed by atoms with Gasteiger partial charge in [0.25, 0.3) is 10.0 Å². The minimum absolute atomic E-state index is 0.0749. The minimum atomic E-state index is -4.08. The van der Waals surface area contributed by atoms with Crippen molar-refractivity contribution in [2.45, 2.75) is 4.21 Å². The van der Waals surface area contributed by atoms with Crippen LogP contribution in [-0.4, -0.2) is 34.7 Å². The van der Waals surface area contributed by atoms with Gasteiger partial charge in [0.1, 0.15) is 0 Å². The lowest BCUT2D eigenvalue weighted by Crippen LogP contribution is -2.16. The minimum Gasteiger partial charge on any atom is -0.476 e. The zero-order valence-electron chi connectivity index (χ0n) is 8.94. The van der Waals surface area contributed by atoms with Gasteiger partial charge in [-0.25, -0.2) is 18.2 Å². The SMILES string of the molecule is O=C(O)c1ncsc1S(=O)(=O)Nc1ccc(Cl)nn1. The van der Waals surface area contributed by atoms with Crippen molar-refractivity contribution in [3.63, 3.8) is 0 Å². The van der Waals surface area contributed by atoms with Crippen LogP contribution >= 0.6 is 22.9 Å². The number of hydrogen-bond donors (Lipinski definition) is 2. The number of sulfonamides is 1. The highest BCUT2D eigenvalue weighted by molar-refractivity contribution is 7.94. The van der Waals surface area contributed by atoms with E-state index in [4.69, 9.17) is 16.7 Å². The molecule has 0 fully saturated rings. The number of aromatic nitrogens is 3. The second-order valence-corrected chi connectivity index (χ2v) is 6.26. The van der Waals surface area contributed by atoms with Crippen LogP contribution in [-0.2, 0) is 10.0 Å². The third-order valence-corrected chi connectivity index (χ3v) is 4.78. The Morgan fingerprint density at radius 1 is 1.37 bits per heavy atom. The van der Waals surface area contributed by atoms with E-state index in [1.165, 1.54) is 12.1 Å². The molecule has 8 nitrogen and oxygen atoms in total. The Kier molecular flexibility index (Phi) is 3.64. The highest BCUT2D eigenvalue weighted by Gasteiger charge is 2.26. The van der Waals surface area contributed by atoms with Crippen molar-refractivity contribution in [1.82, 2.24) is 15.2 Å². The molecule has 0 unspecified atom stereocenters. The zero-order valence-corrected chi connectivity index (χ0v) is 11.3. The fourth-order valence-corrected chi connectivity index (χ4v) is 3.36. The first-order valence-electron chi connectivity index (χ1n) is 4.59. The molecule has 0 spiro atoms. The maximum absolute atomic E-state index is 12.0. The monoisotopic (exact) mass is 320 g/mol. The lowest BCUT2D eigenvalue weighted by Gasteiger charge is -2.04. The molecule has 2 rings (SSSR count). The van der Waals surface area contributed by atoms with Gasteiger partial charge in [-0.05, 0) is 12.1 Å². The topological polar surface area (TPSA) is 122 Å². The Hall–Kier alpha value is -1.78. The molecule has 0 aliphatic heterocycles. The summed E-state index contributed by atoms with van der Waals surface area (Å²) in [5, 5.41) is 15.9. The van der Waals surface area contributed by atoms with Crippen molar-refractivity contribution in [3.8, 4) is 0 Å². The standard InChI is InChI=1S/C8H5ClN4O4S2/c9-4-1-2-5(12-11-4)13-19(16,17)8-6(7(14)15)10-3-18-8/h1-3H,(H,12,13)(H,14,15). The maximum Gasteiger partial charge on any atom is 0.356 e.